The second kappa shape index (κ2) is 16.6. The molecule has 4 amide bonds. The largest absolute Gasteiger partial charge is 0.446 e. The molecule has 2 aliphatic heterocycles. The van der Waals surface area contributed by atoms with Gasteiger partial charge in [0.1, 0.15) is 0 Å². The van der Waals surface area contributed by atoms with E-state index < -0.39 is 79.2 Å². The van der Waals surface area contributed by atoms with Gasteiger partial charge in [-0.05, 0) is 6.92 Å². The van der Waals surface area contributed by atoms with Crippen molar-refractivity contribution >= 4 is 47.5 Å². The van der Waals surface area contributed by atoms with Crippen LogP contribution in [0, 0.1) is 0 Å². The Morgan fingerprint density at radius 2 is 0.980 bits per heavy atom. The van der Waals surface area contributed by atoms with Gasteiger partial charge in [-0.3, -0.25) is 38.6 Å². The van der Waals surface area contributed by atoms with E-state index in [1.54, 1.807) is 77.4 Å². The van der Waals surface area contributed by atoms with Crippen molar-refractivity contribution in [1.29, 1.82) is 0 Å². The maximum absolute atomic E-state index is 12.9. The van der Waals surface area contributed by atoms with Gasteiger partial charge >= 0.3 is 23.9 Å². The van der Waals surface area contributed by atoms with Gasteiger partial charge in [0.15, 0.2) is 13.5 Å². The molecule has 0 N–H and O–H groups in total. The number of hydrogen-bond acceptors (Lipinski definition) is 14. The minimum Gasteiger partial charge on any atom is -0.446 e. The Morgan fingerprint density at radius 1 is 0.612 bits per heavy atom. The van der Waals surface area contributed by atoms with E-state index in [2.05, 4.69) is 0 Å². The van der Waals surface area contributed by atoms with Crippen molar-refractivity contribution in [2.45, 2.75) is 39.0 Å². The van der Waals surface area contributed by atoms with E-state index in [0.717, 1.165) is 23.6 Å². The number of ether oxygens (including phenoxy) is 4. The summed E-state index contributed by atoms with van der Waals surface area (Å²) >= 11 is 0. The number of rotatable bonds is 13. The van der Waals surface area contributed by atoms with E-state index >= 15 is 0 Å². The van der Waals surface area contributed by atoms with Crippen LogP contribution in [-0.2, 0) is 57.3 Å². The Morgan fingerprint density at radius 3 is 1.35 bits per heavy atom. The van der Waals surface area contributed by atoms with Gasteiger partial charge in [0, 0.05) is 37.6 Å². The highest BCUT2D eigenvalue weighted by atomic mass is 16.6. The zero-order chi connectivity index (χ0) is 35.7. The molecule has 0 spiro atoms. The second-order valence-electron chi connectivity index (χ2n) is 11.3. The third kappa shape index (κ3) is 9.77. The fourth-order valence-electron chi connectivity index (χ4n) is 5.18. The Bertz CT molecular complexity index is 1550. The molecule has 2 aliphatic rings. The number of piperazine rings is 2. The van der Waals surface area contributed by atoms with Gasteiger partial charge in [0.2, 0.25) is 35.8 Å². The predicted octanol–water partition coefficient (Wildman–Crippen LogP) is 0.327. The van der Waals surface area contributed by atoms with Crippen molar-refractivity contribution in [2.75, 3.05) is 46.2 Å². The molecule has 260 valence electrons. The number of esters is 4. The standard InChI is InChI=1S/C33H36N4O12/c1-21(35-17-28(42)37(29(43)18-35)20-47-33(45)31(49-23(3)39)25-12-8-5-9-13-25)14-34-15-26(40)36(27(41)16-34)19-46-32(44)30(48-22(2)38)24-10-6-4-7-11-24/h4-13,21,30-31H,14-20H2,1-3H3/t21?,30?,31-/m1/s1. The van der Waals surface area contributed by atoms with E-state index in [1.165, 1.54) is 0 Å². The lowest BCUT2D eigenvalue weighted by Crippen LogP contribution is -2.60. The van der Waals surface area contributed by atoms with E-state index in [4.69, 9.17) is 18.9 Å². The molecule has 16 nitrogen and oxygen atoms in total. The first kappa shape index (κ1) is 36.4. The lowest BCUT2D eigenvalue weighted by Gasteiger charge is -2.39. The van der Waals surface area contributed by atoms with Crippen LogP contribution in [0.15, 0.2) is 60.7 Å². The molecule has 2 heterocycles. The van der Waals surface area contributed by atoms with Crippen LogP contribution in [0.4, 0.5) is 0 Å². The average Bonchev–Trinajstić information content (AvgIpc) is 3.05. The zero-order valence-electron chi connectivity index (χ0n) is 27.1. The van der Waals surface area contributed by atoms with Crippen LogP contribution in [0.3, 0.4) is 0 Å². The lowest BCUT2D eigenvalue weighted by molar-refractivity contribution is -0.177. The SMILES string of the molecule is CC(=O)OC(C(=O)OCN1C(=O)CN(CC(C)N2CC(=O)N(COC(=O)[C@H](OC(C)=O)c3ccccc3)C(=O)C2)CC1=O)c1ccccc1. The first-order valence-corrected chi connectivity index (χ1v) is 15.2. The summed E-state index contributed by atoms with van der Waals surface area (Å²) in [5.41, 5.74) is 0.711. The lowest BCUT2D eigenvalue weighted by atomic mass is 10.1. The van der Waals surface area contributed by atoms with Crippen molar-refractivity contribution in [3.05, 3.63) is 71.8 Å². The molecule has 2 saturated heterocycles. The predicted molar refractivity (Wildman–Crippen MR) is 165 cm³/mol. The van der Waals surface area contributed by atoms with Crippen LogP contribution in [0.2, 0.25) is 0 Å². The van der Waals surface area contributed by atoms with Crippen LogP contribution >= 0.6 is 0 Å². The fraction of sp³-hybridized carbons (Fsp3) is 0.394. The number of amides is 4. The number of benzene rings is 2. The fourth-order valence-corrected chi connectivity index (χ4v) is 5.18. The van der Waals surface area contributed by atoms with Crippen molar-refractivity contribution in [2.24, 2.45) is 0 Å². The highest BCUT2D eigenvalue weighted by Crippen LogP contribution is 2.21. The molecule has 4 rings (SSSR count). The van der Waals surface area contributed by atoms with Crippen molar-refractivity contribution < 1.29 is 57.3 Å². The van der Waals surface area contributed by atoms with Crippen LogP contribution < -0.4 is 0 Å². The normalized spacial score (nSPS) is 17.6. The van der Waals surface area contributed by atoms with Crippen LogP contribution in [0.1, 0.15) is 44.1 Å². The van der Waals surface area contributed by atoms with Crippen LogP contribution in [0.25, 0.3) is 0 Å². The molecule has 49 heavy (non-hydrogen) atoms. The van der Waals surface area contributed by atoms with E-state index in [-0.39, 0.29) is 32.7 Å². The topological polar surface area (TPSA) is 186 Å². The molecule has 2 aromatic carbocycles. The molecule has 3 atom stereocenters. The minimum atomic E-state index is -1.38. The Hall–Kier alpha value is -5.48. The van der Waals surface area contributed by atoms with Gasteiger partial charge in [-0.15, -0.1) is 0 Å². The summed E-state index contributed by atoms with van der Waals surface area (Å²) in [5, 5.41) is 0. The summed E-state index contributed by atoms with van der Waals surface area (Å²) in [6, 6.07) is 15.8. The van der Waals surface area contributed by atoms with Crippen LogP contribution in [0.5, 0.6) is 0 Å². The van der Waals surface area contributed by atoms with Gasteiger partial charge in [-0.1, -0.05) is 60.7 Å². The number of carbonyl (C=O) groups is 8. The first-order valence-electron chi connectivity index (χ1n) is 15.2. The second-order valence-corrected chi connectivity index (χ2v) is 11.3. The Labute approximate surface area is 281 Å². The molecule has 0 aromatic heterocycles. The third-order valence-electron chi connectivity index (χ3n) is 7.62. The molecule has 0 aliphatic carbocycles. The van der Waals surface area contributed by atoms with E-state index in [9.17, 15) is 38.4 Å². The summed E-state index contributed by atoms with van der Waals surface area (Å²) in [7, 11) is 0. The monoisotopic (exact) mass is 680 g/mol. The number of imide groups is 2. The molecule has 2 aromatic rings. The van der Waals surface area contributed by atoms with E-state index in [0.29, 0.717) is 11.1 Å². The van der Waals surface area contributed by atoms with Gasteiger partial charge < -0.3 is 18.9 Å². The van der Waals surface area contributed by atoms with Gasteiger partial charge in [-0.2, -0.15) is 0 Å². The molecule has 16 heteroatoms. The van der Waals surface area contributed by atoms with Crippen LogP contribution in [-0.4, -0.2) is 119 Å². The Balaban J connectivity index is 1.26. The highest BCUT2D eigenvalue weighted by Gasteiger charge is 2.38. The maximum Gasteiger partial charge on any atom is 0.353 e. The minimum absolute atomic E-state index is 0.143. The quantitative estimate of drug-likeness (QED) is 0.160. The first-order chi connectivity index (χ1) is 23.3. The van der Waals surface area contributed by atoms with E-state index in [1.807, 2.05) is 0 Å². The number of nitrogens with zero attached hydrogens (tertiary/aromatic N) is 4. The molecular weight excluding hydrogens is 644 g/mol. The molecule has 0 saturated carbocycles. The van der Waals surface area contributed by atoms with Gasteiger partial charge in [0.05, 0.1) is 26.2 Å². The average molecular weight is 681 g/mol. The summed E-state index contributed by atoms with van der Waals surface area (Å²) in [6.07, 6.45) is -2.76. The highest BCUT2D eigenvalue weighted by molar-refractivity contribution is 6.00. The number of carbonyl (C=O) groups excluding carboxylic acids is 8. The smallest absolute Gasteiger partial charge is 0.353 e. The van der Waals surface area contributed by atoms with Crippen molar-refractivity contribution in [3.8, 4) is 0 Å². The molecule has 0 radical (unpaired) electrons. The summed E-state index contributed by atoms with van der Waals surface area (Å²) in [5.74, 6) is -5.91. The molecule has 0 bridgehead atoms. The Kier molecular flexibility index (Phi) is 12.3. The number of hydrogen-bond donors (Lipinski definition) is 0. The zero-order valence-corrected chi connectivity index (χ0v) is 27.1. The maximum atomic E-state index is 12.9. The molecule has 2 fully saturated rings. The summed E-state index contributed by atoms with van der Waals surface area (Å²) in [6.45, 7) is 1.96. The molecular formula is C33H36N4O12. The van der Waals surface area contributed by atoms with Crippen molar-refractivity contribution in [3.63, 3.8) is 0 Å². The van der Waals surface area contributed by atoms with Gasteiger partial charge in [-0.25, -0.2) is 19.4 Å². The summed E-state index contributed by atoms with van der Waals surface area (Å²) < 4.78 is 20.5. The molecule has 2 unspecified atom stereocenters. The van der Waals surface area contributed by atoms with Gasteiger partial charge in [0.25, 0.3) is 0 Å². The third-order valence-corrected chi connectivity index (χ3v) is 7.62. The van der Waals surface area contributed by atoms with Crippen molar-refractivity contribution in [1.82, 2.24) is 19.6 Å². The summed E-state index contributed by atoms with van der Waals surface area (Å²) in [4.78, 5) is 105.